The Morgan fingerprint density at radius 3 is 2.87 bits per heavy atom. The fourth-order valence-electron chi connectivity index (χ4n) is 2.90. The first-order valence-electron chi connectivity index (χ1n) is 8.56. The molecule has 0 aromatic heterocycles. The Morgan fingerprint density at radius 1 is 1.39 bits per heavy atom. The summed E-state index contributed by atoms with van der Waals surface area (Å²) in [7, 11) is 0. The monoisotopic (exact) mass is 316 g/mol. The smallest absolute Gasteiger partial charge is 0.277 e. The van der Waals surface area contributed by atoms with Gasteiger partial charge in [-0.25, -0.2) is 5.43 Å². The number of aryl methyl sites for hydroxylation is 1. The molecule has 1 fully saturated rings. The van der Waals surface area contributed by atoms with Crippen LogP contribution in [0, 0.1) is 12.8 Å². The van der Waals surface area contributed by atoms with Crippen LogP contribution in [0.25, 0.3) is 0 Å². The van der Waals surface area contributed by atoms with Gasteiger partial charge in [0.15, 0.2) is 6.61 Å². The van der Waals surface area contributed by atoms with Crippen LogP contribution in [-0.2, 0) is 4.79 Å². The van der Waals surface area contributed by atoms with Crippen molar-refractivity contribution in [3.8, 4) is 5.75 Å². The van der Waals surface area contributed by atoms with E-state index < -0.39 is 0 Å². The number of hydrogen-bond donors (Lipinski definition) is 1. The quantitative estimate of drug-likeness (QED) is 0.829. The number of hydrazone groups is 1. The molecule has 0 unspecified atom stereocenters. The van der Waals surface area contributed by atoms with Gasteiger partial charge in [0.1, 0.15) is 5.75 Å². The Bertz CT molecular complexity index is 579. The number of benzene rings is 1. The fourth-order valence-corrected chi connectivity index (χ4v) is 2.90. The Hall–Kier alpha value is -1.84. The van der Waals surface area contributed by atoms with Crippen LogP contribution in [0.2, 0.25) is 0 Å². The molecule has 1 saturated carbocycles. The van der Waals surface area contributed by atoms with Crippen molar-refractivity contribution >= 4 is 11.6 Å². The minimum absolute atomic E-state index is 0.00601. The third-order valence-corrected chi connectivity index (χ3v) is 4.36. The molecule has 1 aromatic carbocycles. The molecule has 1 amide bonds. The maximum atomic E-state index is 12.0. The standard InChI is InChI=1S/C19H28N2O2/c1-13(2)16-11-14(3)9-10-18(16)23-12-19(22)21-20-17-8-6-5-7-15(17)4/h9-11,13,15H,5-8,12H2,1-4H3,(H,21,22)/b20-17-/t15-/m1/s1. The molecule has 0 bridgehead atoms. The topological polar surface area (TPSA) is 50.7 Å². The Balaban J connectivity index is 1.91. The lowest BCUT2D eigenvalue weighted by Gasteiger charge is -2.20. The van der Waals surface area contributed by atoms with Crippen molar-refractivity contribution in [2.75, 3.05) is 6.61 Å². The highest BCUT2D eigenvalue weighted by Gasteiger charge is 2.16. The fraction of sp³-hybridized carbons (Fsp3) is 0.579. The summed E-state index contributed by atoms with van der Waals surface area (Å²) in [5.74, 6) is 1.40. The van der Waals surface area contributed by atoms with E-state index in [-0.39, 0.29) is 12.5 Å². The second kappa shape index (κ2) is 8.14. The lowest BCUT2D eigenvalue weighted by atomic mass is 9.89. The highest BCUT2D eigenvalue weighted by Crippen LogP contribution is 2.27. The molecule has 0 radical (unpaired) electrons. The maximum absolute atomic E-state index is 12.0. The molecule has 0 aliphatic heterocycles. The van der Waals surface area contributed by atoms with E-state index in [2.05, 4.69) is 44.3 Å². The lowest BCUT2D eigenvalue weighted by molar-refractivity contribution is -0.123. The van der Waals surface area contributed by atoms with Crippen molar-refractivity contribution in [1.82, 2.24) is 5.43 Å². The van der Waals surface area contributed by atoms with E-state index in [0.29, 0.717) is 11.8 Å². The Kier molecular flexibility index (Phi) is 6.20. The van der Waals surface area contributed by atoms with Crippen molar-refractivity contribution in [1.29, 1.82) is 0 Å². The molecular formula is C19H28N2O2. The molecule has 4 heteroatoms. The first-order chi connectivity index (χ1) is 11.0. The summed E-state index contributed by atoms with van der Waals surface area (Å²) < 4.78 is 5.70. The van der Waals surface area contributed by atoms with Crippen LogP contribution >= 0.6 is 0 Å². The van der Waals surface area contributed by atoms with E-state index in [0.717, 1.165) is 36.3 Å². The molecule has 1 aromatic rings. The summed E-state index contributed by atoms with van der Waals surface area (Å²) >= 11 is 0. The summed E-state index contributed by atoms with van der Waals surface area (Å²) in [5.41, 5.74) is 6.06. The molecule has 23 heavy (non-hydrogen) atoms. The highest BCUT2D eigenvalue weighted by molar-refractivity contribution is 5.88. The van der Waals surface area contributed by atoms with Crippen LogP contribution in [0.3, 0.4) is 0 Å². The zero-order valence-electron chi connectivity index (χ0n) is 14.7. The minimum Gasteiger partial charge on any atom is -0.483 e. The summed E-state index contributed by atoms with van der Waals surface area (Å²) in [5, 5.41) is 4.29. The zero-order valence-corrected chi connectivity index (χ0v) is 14.7. The van der Waals surface area contributed by atoms with Gasteiger partial charge in [-0.15, -0.1) is 0 Å². The van der Waals surface area contributed by atoms with Gasteiger partial charge in [-0.3, -0.25) is 4.79 Å². The summed E-state index contributed by atoms with van der Waals surface area (Å²) in [6.07, 6.45) is 4.56. The SMILES string of the molecule is Cc1ccc(OCC(=O)N/N=C2/CCCC[C@H]2C)c(C(C)C)c1. The average molecular weight is 316 g/mol. The van der Waals surface area contributed by atoms with Crippen molar-refractivity contribution in [2.45, 2.75) is 59.3 Å². The van der Waals surface area contributed by atoms with Crippen LogP contribution in [0.4, 0.5) is 0 Å². The molecule has 0 saturated heterocycles. The van der Waals surface area contributed by atoms with Crippen molar-refractivity contribution in [3.05, 3.63) is 29.3 Å². The second-order valence-corrected chi connectivity index (χ2v) is 6.77. The first-order valence-corrected chi connectivity index (χ1v) is 8.56. The molecule has 0 heterocycles. The normalized spacial score (nSPS) is 19.9. The molecule has 2 rings (SSSR count). The number of nitrogens with zero attached hydrogens (tertiary/aromatic N) is 1. The molecule has 1 aliphatic carbocycles. The molecular weight excluding hydrogens is 288 g/mol. The highest BCUT2D eigenvalue weighted by atomic mass is 16.5. The van der Waals surface area contributed by atoms with Gasteiger partial charge in [0, 0.05) is 5.71 Å². The lowest BCUT2D eigenvalue weighted by Crippen LogP contribution is -2.28. The van der Waals surface area contributed by atoms with Gasteiger partial charge >= 0.3 is 0 Å². The van der Waals surface area contributed by atoms with Crippen LogP contribution in [0.15, 0.2) is 23.3 Å². The van der Waals surface area contributed by atoms with Gasteiger partial charge in [-0.2, -0.15) is 5.10 Å². The summed E-state index contributed by atoms with van der Waals surface area (Å²) in [6, 6.07) is 6.05. The van der Waals surface area contributed by atoms with E-state index >= 15 is 0 Å². The van der Waals surface area contributed by atoms with Crippen LogP contribution in [-0.4, -0.2) is 18.2 Å². The van der Waals surface area contributed by atoms with Gasteiger partial charge in [0.2, 0.25) is 0 Å². The van der Waals surface area contributed by atoms with E-state index in [1.165, 1.54) is 12.0 Å². The van der Waals surface area contributed by atoms with Crippen molar-refractivity contribution < 1.29 is 9.53 Å². The number of nitrogens with one attached hydrogen (secondary N) is 1. The Labute approximate surface area is 139 Å². The summed E-state index contributed by atoms with van der Waals surface area (Å²) in [4.78, 5) is 12.0. The predicted molar refractivity (Wildman–Crippen MR) is 94.0 cm³/mol. The number of amides is 1. The first kappa shape index (κ1) is 17.5. The molecule has 126 valence electrons. The van der Waals surface area contributed by atoms with E-state index in [4.69, 9.17) is 4.74 Å². The largest absolute Gasteiger partial charge is 0.483 e. The molecule has 0 spiro atoms. The van der Waals surface area contributed by atoms with Gasteiger partial charge < -0.3 is 4.74 Å². The number of ether oxygens (including phenoxy) is 1. The van der Waals surface area contributed by atoms with Crippen molar-refractivity contribution in [2.24, 2.45) is 11.0 Å². The third kappa shape index (κ3) is 5.08. The van der Waals surface area contributed by atoms with Gasteiger partial charge in [0.25, 0.3) is 5.91 Å². The van der Waals surface area contributed by atoms with E-state index in [9.17, 15) is 4.79 Å². The zero-order chi connectivity index (χ0) is 16.8. The van der Waals surface area contributed by atoms with Crippen LogP contribution in [0.5, 0.6) is 5.75 Å². The predicted octanol–water partition coefficient (Wildman–Crippen LogP) is 4.18. The van der Waals surface area contributed by atoms with Crippen molar-refractivity contribution in [3.63, 3.8) is 0 Å². The third-order valence-electron chi connectivity index (χ3n) is 4.36. The molecule has 1 N–H and O–H groups in total. The molecule has 1 aliphatic rings. The van der Waals surface area contributed by atoms with Gasteiger partial charge in [-0.05, 0) is 49.7 Å². The maximum Gasteiger partial charge on any atom is 0.277 e. The number of carbonyl (C=O) groups excluding carboxylic acids is 1. The number of rotatable bonds is 5. The van der Waals surface area contributed by atoms with E-state index in [1.807, 2.05) is 12.1 Å². The Morgan fingerprint density at radius 2 is 2.17 bits per heavy atom. The van der Waals surface area contributed by atoms with Gasteiger partial charge in [-0.1, -0.05) is 44.9 Å². The average Bonchev–Trinajstić information content (AvgIpc) is 2.52. The number of hydrogen-bond acceptors (Lipinski definition) is 3. The van der Waals surface area contributed by atoms with Crippen LogP contribution < -0.4 is 10.2 Å². The van der Waals surface area contributed by atoms with Gasteiger partial charge in [0.05, 0.1) is 0 Å². The molecule has 1 atom stereocenters. The summed E-state index contributed by atoms with van der Waals surface area (Å²) in [6.45, 7) is 8.47. The van der Waals surface area contributed by atoms with E-state index in [1.54, 1.807) is 0 Å². The second-order valence-electron chi connectivity index (χ2n) is 6.77. The minimum atomic E-state index is -0.203. The molecule has 4 nitrogen and oxygen atoms in total. The van der Waals surface area contributed by atoms with Crippen LogP contribution in [0.1, 0.15) is 63.5 Å². The number of carbonyl (C=O) groups is 1.